The second-order valence-corrected chi connectivity index (χ2v) is 4.78. The second-order valence-electron chi connectivity index (χ2n) is 4.78. The summed E-state index contributed by atoms with van der Waals surface area (Å²) < 4.78 is 38.9. The molecule has 3 rings (SSSR count). The monoisotopic (exact) mass is 321 g/mol. The third kappa shape index (κ3) is 3.83. The Kier molecular flexibility index (Phi) is 4.93. The van der Waals surface area contributed by atoms with Crippen molar-refractivity contribution in [3.8, 4) is 5.69 Å². The molecule has 0 unspecified atom stereocenters. The van der Waals surface area contributed by atoms with Gasteiger partial charge in [0.1, 0.15) is 5.82 Å². The van der Waals surface area contributed by atoms with Gasteiger partial charge in [0.25, 0.3) is 0 Å². The maximum atomic E-state index is 12.4. The molecule has 0 aliphatic heterocycles. The van der Waals surface area contributed by atoms with Crippen molar-refractivity contribution in [2.75, 3.05) is 5.73 Å². The number of hydrogen-bond acceptors (Lipinski definition) is 2. The number of benzene rings is 2. The van der Waals surface area contributed by atoms with Crippen molar-refractivity contribution in [2.24, 2.45) is 0 Å². The average Bonchev–Trinajstić information content (AvgIpc) is 2.85. The predicted molar refractivity (Wildman–Crippen MR) is 86.6 cm³/mol. The topological polar surface area (TPSA) is 43.8 Å². The second kappa shape index (κ2) is 6.73. The Bertz CT molecular complexity index is 777. The molecular formula is C17H18F3N3. The number of nitrogens with zero attached hydrogens (tertiary/aromatic N) is 2. The standard InChI is InChI=1S/C15H12F3N3.C2H6/c16-15(17,18)9-10-6-7-12-13(8-10)20-21(14(12)19)11-4-2-1-3-5-11;1-2/h1-8H,9,19H2;1-2H3. The van der Waals surface area contributed by atoms with E-state index in [1.54, 1.807) is 6.07 Å². The summed E-state index contributed by atoms with van der Waals surface area (Å²) in [5, 5.41) is 4.94. The molecule has 23 heavy (non-hydrogen) atoms. The molecule has 0 saturated heterocycles. The summed E-state index contributed by atoms with van der Waals surface area (Å²) in [5.41, 5.74) is 7.42. The van der Waals surface area contributed by atoms with Crippen molar-refractivity contribution >= 4 is 16.7 Å². The summed E-state index contributed by atoms with van der Waals surface area (Å²) in [6, 6.07) is 13.7. The van der Waals surface area contributed by atoms with Gasteiger partial charge >= 0.3 is 6.18 Å². The lowest BCUT2D eigenvalue weighted by atomic mass is 10.1. The third-order valence-electron chi connectivity index (χ3n) is 3.18. The third-order valence-corrected chi connectivity index (χ3v) is 3.18. The highest BCUT2D eigenvalue weighted by Gasteiger charge is 2.27. The first-order valence-corrected chi connectivity index (χ1v) is 7.33. The summed E-state index contributed by atoms with van der Waals surface area (Å²) >= 11 is 0. The lowest BCUT2D eigenvalue weighted by Crippen LogP contribution is -2.11. The van der Waals surface area contributed by atoms with Crippen LogP contribution in [0.15, 0.2) is 48.5 Å². The van der Waals surface area contributed by atoms with Crippen LogP contribution in [-0.4, -0.2) is 16.0 Å². The zero-order valence-electron chi connectivity index (χ0n) is 12.9. The number of aromatic nitrogens is 2. The fourth-order valence-corrected chi connectivity index (χ4v) is 2.26. The van der Waals surface area contributed by atoms with Crippen LogP contribution in [0.5, 0.6) is 0 Å². The van der Waals surface area contributed by atoms with Crippen molar-refractivity contribution in [1.29, 1.82) is 0 Å². The quantitative estimate of drug-likeness (QED) is 0.741. The minimum absolute atomic E-state index is 0.174. The average molecular weight is 321 g/mol. The molecule has 0 spiro atoms. The fraction of sp³-hybridized carbons (Fsp3) is 0.235. The van der Waals surface area contributed by atoms with Gasteiger partial charge in [-0.3, -0.25) is 0 Å². The van der Waals surface area contributed by atoms with Crippen LogP contribution in [0, 0.1) is 0 Å². The number of nitrogen functional groups attached to an aromatic ring is 1. The van der Waals surface area contributed by atoms with Crippen molar-refractivity contribution in [2.45, 2.75) is 26.4 Å². The smallest absolute Gasteiger partial charge is 0.383 e. The van der Waals surface area contributed by atoms with E-state index in [0.717, 1.165) is 5.69 Å². The number of fused-ring (bicyclic) bond motifs is 1. The van der Waals surface area contributed by atoms with Crippen molar-refractivity contribution in [1.82, 2.24) is 9.78 Å². The Labute approximate surface area is 132 Å². The van der Waals surface area contributed by atoms with Crippen LogP contribution in [0.2, 0.25) is 0 Å². The highest BCUT2D eigenvalue weighted by atomic mass is 19.4. The van der Waals surface area contributed by atoms with E-state index in [9.17, 15) is 13.2 Å². The van der Waals surface area contributed by atoms with E-state index in [-0.39, 0.29) is 5.56 Å². The van der Waals surface area contributed by atoms with Crippen LogP contribution < -0.4 is 5.73 Å². The molecule has 0 atom stereocenters. The number of nitrogens with two attached hydrogens (primary N) is 1. The summed E-state index contributed by atoms with van der Waals surface area (Å²) in [7, 11) is 0. The maximum Gasteiger partial charge on any atom is 0.393 e. The summed E-state index contributed by atoms with van der Waals surface area (Å²) in [5.74, 6) is 0.412. The fourth-order valence-electron chi connectivity index (χ4n) is 2.26. The largest absolute Gasteiger partial charge is 0.393 e. The van der Waals surface area contributed by atoms with Crippen LogP contribution in [-0.2, 0) is 6.42 Å². The van der Waals surface area contributed by atoms with Crippen LogP contribution in [0.3, 0.4) is 0 Å². The summed E-state index contributed by atoms with van der Waals surface area (Å²) in [4.78, 5) is 0. The van der Waals surface area contributed by atoms with Crippen LogP contribution in [0.25, 0.3) is 16.6 Å². The van der Waals surface area contributed by atoms with Gasteiger partial charge in [0.2, 0.25) is 0 Å². The molecule has 1 heterocycles. The molecule has 2 aromatic carbocycles. The molecule has 0 aliphatic rings. The highest BCUT2D eigenvalue weighted by Crippen LogP contribution is 2.27. The lowest BCUT2D eigenvalue weighted by Gasteiger charge is -2.05. The van der Waals surface area contributed by atoms with E-state index in [4.69, 9.17) is 5.73 Å². The van der Waals surface area contributed by atoms with Gasteiger partial charge < -0.3 is 5.73 Å². The first-order chi connectivity index (χ1) is 10.9. The minimum atomic E-state index is -4.23. The van der Waals surface area contributed by atoms with Gasteiger partial charge in [0, 0.05) is 5.39 Å². The first kappa shape index (κ1) is 16.9. The SMILES string of the molecule is CC.Nc1c2ccc(CC(F)(F)F)cc2nn1-c1ccccc1. The molecule has 6 heteroatoms. The zero-order valence-corrected chi connectivity index (χ0v) is 12.9. The van der Waals surface area contributed by atoms with Crippen molar-refractivity contribution < 1.29 is 13.2 Å². The minimum Gasteiger partial charge on any atom is -0.383 e. The molecular weight excluding hydrogens is 303 g/mol. The number of alkyl halides is 3. The normalized spacial score (nSPS) is 11.2. The van der Waals surface area contributed by atoms with Crippen molar-refractivity contribution in [3.63, 3.8) is 0 Å². The molecule has 1 aromatic heterocycles. The lowest BCUT2D eigenvalue weighted by molar-refractivity contribution is -0.127. The number of hydrogen-bond donors (Lipinski definition) is 1. The number of rotatable bonds is 2. The van der Waals surface area contributed by atoms with Crippen LogP contribution >= 0.6 is 0 Å². The van der Waals surface area contributed by atoms with Gasteiger partial charge in [-0.15, -0.1) is 0 Å². The Morgan fingerprint density at radius 1 is 1.04 bits per heavy atom. The molecule has 0 radical (unpaired) electrons. The van der Waals surface area contributed by atoms with Crippen LogP contribution in [0.4, 0.5) is 19.0 Å². The van der Waals surface area contributed by atoms with Gasteiger partial charge in [-0.05, 0) is 29.8 Å². The molecule has 3 nitrogen and oxygen atoms in total. The van der Waals surface area contributed by atoms with Gasteiger partial charge in [0.05, 0.1) is 17.6 Å². The van der Waals surface area contributed by atoms with E-state index in [2.05, 4.69) is 5.10 Å². The Hall–Kier alpha value is -2.50. The number of halogens is 3. The molecule has 0 aliphatic carbocycles. The van der Waals surface area contributed by atoms with Gasteiger partial charge in [-0.25, -0.2) is 4.68 Å². The Morgan fingerprint density at radius 3 is 2.30 bits per heavy atom. The van der Waals surface area contributed by atoms with Gasteiger partial charge in [-0.2, -0.15) is 18.3 Å². The first-order valence-electron chi connectivity index (χ1n) is 7.33. The molecule has 122 valence electrons. The predicted octanol–water partition coefficient (Wildman–Crippen LogP) is 4.74. The number of anilines is 1. The maximum absolute atomic E-state index is 12.4. The molecule has 0 bridgehead atoms. The van der Waals surface area contributed by atoms with Crippen LogP contribution in [0.1, 0.15) is 19.4 Å². The van der Waals surface area contributed by atoms with E-state index in [1.807, 2.05) is 44.2 Å². The Morgan fingerprint density at radius 2 is 1.70 bits per heavy atom. The van der Waals surface area contributed by atoms with Gasteiger partial charge in [-0.1, -0.05) is 38.1 Å². The molecule has 0 fully saturated rings. The zero-order chi connectivity index (χ0) is 17.0. The van der Waals surface area contributed by atoms with Gasteiger partial charge in [0.15, 0.2) is 0 Å². The van der Waals surface area contributed by atoms with E-state index in [0.29, 0.717) is 16.7 Å². The molecule has 3 aromatic rings. The number of para-hydroxylation sites is 1. The summed E-state index contributed by atoms with van der Waals surface area (Å²) in [6.45, 7) is 4.00. The summed E-state index contributed by atoms with van der Waals surface area (Å²) in [6.07, 6.45) is -5.21. The Balaban J connectivity index is 0.000000924. The van der Waals surface area contributed by atoms with E-state index >= 15 is 0 Å². The molecule has 0 amide bonds. The van der Waals surface area contributed by atoms with Crippen molar-refractivity contribution in [3.05, 3.63) is 54.1 Å². The molecule has 0 saturated carbocycles. The van der Waals surface area contributed by atoms with E-state index < -0.39 is 12.6 Å². The van der Waals surface area contributed by atoms with E-state index in [1.165, 1.54) is 16.8 Å². The molecule has 2 N–H and O–H groups in total. The highest BCUT2D eigenvalue weighted by molar-refractivity contribution is 5.90.